The van der Waals surface area contributed by atoms with E-state index in [4.69, 9.17) is 4.74 Å². The average molecular weight is 416 g/mol. The molecule has 0 spiro atoms. The van der Waals surface area contributed by atoms with Gasteiger partial charge in [0.15, 0.2) is 0 Å². The van der Waals surface area contributed by atoms with E-state index in [1.165, 1.54) is 19.2 Å². The van der Waals surface area contributed by atoms with Crippen LogP contribution in [0.4, 0.5) is 5.69 Å². The highest BCUT2D eigenvalue weighted by Gasteiger charge is 2.35. The second-order valence-electron chi connectivity index (χ2n) is 7.32. The normalized spacial score (nSPS) is 13.1. The summed E-state index contributed by atoms with van der Waals surface area (Å²) < 4.78 is 4.89. The van der Waals surface area contributed by atoms with Gasteiger partial charge in [-0.2, -0.15) is 0 Å². The number of ether oxygens (including phenoxy) is 1. The fourth-order valence-electron chi connectivity index (χ4n) is 4.02. The van der Waals surface area contributed by atoms with Crippen molar-refractivity contribution in [3.05, 3.63) is 99.6 Å². The summed E-state index contributed by atoms with van der Waals surface area (Å²) in [5.74, 6) is -1.41. The Labute approximate surface area is 178 Å². The van der Waals surface area contributed by atoms with Crippen molar-refractivity contribution < 1.29 is 19.2 Å². The van der Waals surface area contributed by atoms with Crippen molar-refractivity contribution in [2.24, 2.45) is 0 Å². The molecule has 1 aliphatic carbocycles. The summed E-state index contributed by atoms with van der Waals surface area (Å²) in [5, 5.41) is 13.7. The lowest BCUT2D eigenvalue weighted by Gasteiger charge is -2.20. The summed E-state index contributed by atoms with van der Waals surface area (Å²) in [6.45, 7) is 0. The van der Waals surface area contributed by atoms with Crippen LogP contribution in [0.3, 0.4) is 0 Å². The smallest absolute Gasteiger partial charge is 0.328 e. The van der Waals surface area contributed by atoms with Crippen molar-refractivity contribution in [1.82, 2.24) is 5.32 Å². The van der Waals surface area contributed by atoms with Gasteiger partial charge in [-0.15, -0.1) is 0 Å². The third kappa shape index (κ3) is 3.90. The number of nitrogens with zero attached hydrogens (tertiary/aromatic N) is 1. The van der Waals surface area contributed by atoms with Gasteiger partial charge in [0.2, 0.25) is 5.91 Å². The van der Waals surface area contributed by atoms with Gasteiger partial charge in [0.05, 0.1) is 18.0 Å². The molecule has 1 atom stereocenters. The summed E-state index contributed by atoms with van der Waals surface area (Å²) in [5.41, 5.74) is 4.42. The van der Waals surface area contributed by atoms with Gasteiger partial charge in [-0.25, -0.2) is 4.79 Å². The molecule has 0 bridgehead atoms. The minimum Gasteiger partial charge on any atom is -0.467 e. The Hall–Kier alpha value is -4.00. The number of nitrogens with one attached hydrogen (secondary N) is 1. The summed E-state index contributed by atoms with van der Waals surface area (Å²) in [4.78, 5) is 36.1. The monoisotopic (exact) mass is 416 g/mol. The van der Waals surface area contributed by atoms with Crippen LogP contribution < -0.4 is 5.32 Å². The molecule has 0 heterocycles. The SMILES string of the molecule is COC(=O)[C@@H](Cc1ccc([N+](=O)[O-])cc1)NC(=O)C1c2ccccc2-c2ccccc21. The molecule has 0 radical (unpaired) electrons. The maximum atomic E-state index is 13.3. The molecule has 1 N–H and O–H groups in total. The summed E-state index contributed by atoms with van der Waals surface area (Å²) in [6.07, 6.45) is 0.159. The largest absolute Gasteiger partial charge is 0.467 e. The molecule has 0 fully saturated rings. The second kappa shape index (κ2) is 8.39. The molecule has 0 saturated carbocycles. The van der Waals surface area contributed by atoms with E-state index in [1.54, 1.807) is 12.1 Å². The number of hydrogen-bond acceptors (Lipinski definition) is 5. The molecule has 7 heteroatoms. The summed E-state index contributed by atoms with van der Waals surface area (Å²) in [6, 6.07) is 20.4. The Bertz CT molecular complexity index is 1110. The van der Waals surface area contributed by atoms with Crippen LogP contribution in [0.2, 0.25) is 0 Å². The molecule has 3 aromatic rings. The molecule has 3 aromatic carbocycles. The number of benzene rings is 3. The number of nitro benzene ring substituents is 1. The Balaban J connectivity index is 1.60. The van der Waals surface area contributed by atoms with Crippen molar-refractivity contribution in [3.8, 4) is 11.1 Å². The second-order valence-corrected chi connectivity index (χ2v) is 7.32. The molecule has 7 nitrogen and oxygen atoms in total. The van der Waals surface area contributed by atoms with Gasteiger partial charge in [-0.1, -0.05) is 60.7 Å². The number of hydrogen-bond donors (Lipinski definition) is 1. The zero-order valence-electron chi connectivity index (χ0n) is 16.8. The molecule has 0 aliphatic heterocycles. The Kier molecular flexibility index (Phi) is 5.49. The molecular weight excluding hydrogens is 396 g/mol. The standard InChI is InChI=1S/C24H20N2O5/c1-31-24(28)21(14-15-10-12-16(13-11-15)26(29)30)25-23(27)22-19-8-4-2-6-17(19)18-7-3-5-9-20(18)22/h2-13,21-22H,14H2,1H3,(H,25,27)/t21-/m1/s1. The van der Waals surface area contributed by atoms with E-state index in [2.05, 4.69) is 5.32 Å². The van der Waals surface area contributed by atoms with E-state index in [0.29, 0.717) is 5.56 Å². The zero-order chi connectivity index (χ0) is 22.0. The number of carbonyl (C=O) groups excluding carboxylic acids is 2. The molecule has 156 valence electrons. The van der Waals surface area contributed by atoms with Gasteiger partial charge in [0, 0.05) is 18.6 Å². The number of carbonyl (C=O) groups is 2. The van der Waals surface area contributed by atoms with Crippen LogP contribution in [0.15, 0.2) is 72.8 Å². The van der Waals surface area contributed by atoms with Crippen molar-refractivity contribution in [2.45, 2.75) is 18.4 Å². The number of amides is 1. The Morgan fingerprint density at radius 1 is 0.968 bits per heavy atom. The highest BCUT2D eigenvalue weighted by molar-refractivity contribution is 5.97. The third-order valence-electron chi connectivity index (χ3n) is 5.49. The molecule has 4 rings (SSSR count). The van der Waals surface area contributed by atoms with E-state index in [1.807, 2.05) is 48.5 Å². The molecule has 31 heavy (non-hydrogen) atoms. The van der Waals surface area contributed by atoms with Crippen molar-refractivity contribution >= 4 is 17.6 Å². The van der Waals surface area contributed by atoms with Gasteiger partial charge < -0.3 is 10.1 Å². The maximum Gasteiger partial charge on any atom is 0.328 e. The summed E-state index contributed by atoms with van der Waals surface area (Å²) >= 11 is 0. The lowest BCUT2D eigenvalue weighted by Crippen LogP contribution is -2.45. The van der Waals surface area contributed by atoms with Crippen molar-refractivity contribution in [2.75, 3.05) is 7.11 Å². The van der Waals surface area contributed by atoms with Gasteiger partial charge in [-0.3, -0.25) is 14.9 Å². The summed E-state index contributed by atoms with van der Waals surface area (Å²) in [7, 11) is 1.26. The van der Waals surface area contributed by atoms with E-state index in [-0.39, 0.29) is 18.0 Å². The van der Waals surface area contributed by atoms with Crippen LogP contribution in [-0.4, -0.2) is 30.0 Å². The first-order valence-corrected chi connectivity index (χ1v) is 9.79. The van der Waals surface area contributed by atoms with E-state index in [0.717, 1.165) is 22.3 Å². The first-order valence-electron chi connectivity index (χ1n) is 9.79. The molecule has 0 saturated heterocycles. The Morgan fingerprint density at radius 3 is 2.03 bits per heavy atom. The van der Waals surface area contributed by atoms with Gasteiger partial charge in [0.25, 0.3) is 5.69 Å². The molecule has 1 aliphatic rings. The number of methoxy groups -OCH3 is 1. The zero-order valence-corrected chi connectivity index (χ0v) is 16.8. The maximum absolute atomic E-state index is 13.3. The van der Waals surface area contributed by atoms with Crippen molar-refractivity contribution in [1.29, 1.82) is 0 Å². The van der Waals surface area contributed by atoms with Gasteiger partial charge >= 0.3 is 5.97 Å². The first-order chi connectivity index (χ1) is 15.0. The fourth-order valence-corrected chi connectivity index (χ4v) is 4.02. The average Bonchev–Trinajstić information content (AvgIpc) is 3.13. The molecule has 1 amide bonds. The number of rotatable bonds is 6. The van der Waals surface area contributed by atoms with Gasteiger partial charge in [0.1, 0.15) is 6.04 Å². The van der Waals surface area contributed by atoms with Gasteiger partial charge in [-0.05, 0) is 27.8 Å². The fraction of sp³-hybridized carbons (Fsp3) is 0.167. The Morgan fingerprint density at radius 2 is 1.52 bits per heavy atom. The topological polar surface area (TPSA) is 98.5 Å². The predicted molar refractivity (Wildman–Crippen MR) is 114 cm³/mol. The van der Waals surface area contributed by atoms with Crippen LogP contribution in [-0.2, 0) is 20.7 Å². The molecule has 0 unspecified atom stereocenters. The first kappa shape index (κ1) is 20.3. The van der Waals surface area contributed by atoms with E-state index in [9.17, 15) is 19.7 Å². The number of fused-ring (bicyclic) bond motifs is 3. The predicted octanol–water partition coefficient (Wildman–Crippen LogP) is 3.61. The quantitative estimate of drug-likeness (QED) is 0.376. The van der Waals surface area contributed by atoms with Crippen LogP contribution >= 0.6 is 0 Å². The highest BCUT2D eigenvalue weighted by Crippen LogP contribution is 2.44. The third-order valence-corrected chi connectivity index (χ3v) is 5.49. The molecular formula is C24H20N2O5. The van der Waals surface area contributed by atoms with E-state index >= 15 is 0 Å². The number of esters is 1. The lowest BCUT2D eigenvalue weighted by atomic mass is 9.95. The number of non-ortho nitro benzene ring substituents is 1. The van der Waals surface area contributed by atoms with Crippen molar-refractivity contribution in [3.63, 3.8) is 0 Å². The lowest BCUT2D eigenvalue weighted by molar-refractivity contribution is -0.384. The minimum absolute atomic E-state index is 0.0402. The minimum atomic E-state index is -0.918. The molecule has 0 aromatic heterocycles. The van der Waals surface area contributed by atoms with Crippen LogP contribution in [0, 0.1) is 10.1 Å². The van der Waals surface area contributed by atoms with Crippen LogP contribution in [0.1, 0.15) is 22.6 Å². The van der Waals surface area contributed by atoms with Crippen LogP contribution in [0.5, 0.6) is 0 Å². The van der Waals surface area contributed by atoms with Crippen LogP contribution in [0.25, 0.3) is 11.1 Å². The number of nitro groups is 1. The van der Waals surface area contributed by atoms with E-state index < -0.39 is 22.9 Å². The highest BCUT2D eigenvalue weighted by atomic mass is 16.6.